The highest BCUT2D eigenvalue weighted by molar-refractivity contribution is 6.87. The van der Waals surface area contributed by atoms with Crippen LogP contribution < -0.4 is 0 Å². The Balaban J connectivity index is 4.58. The quantitative estimate of drug-likeness (QED) is 0.502. The van der Waals surface area contributed by atoms with Crippen molar-refractivity contribution in [1.82, 2.24) is 0 Å². The summed E-state index contributed by atoms with van der Waals surface area (Å²) >= 11 is 0. The Kier molecular flexibility index (Phi) is 4.96. The van der Waals surface area contributed by atoms with Gasteiger partial charge in [-0.15, -0.1) is 0 Å². The molecule has 2 N–H and O–H groups in total. The number of nitrogens with one attached hydrogen (secondary N) is 1. The largest absolute Gasteiger partial charge is 0.391 e. The molecule has 0 radical (unpaired) electrons. The molecular formula is C8H21NOSi2. The third-order valence-corrected chi connectivity index (χ3v) is 10.0. The fourth-order valence-corrected chi connectivity index (χ4v) is 7.21. The first kappa shape index (κ1) is 12.1. The average Bonchev–Trinajstić information content (AvgIpc) is 2.08. The molecular weight excluding hydrogens is 182 g/mol. The van der Waals surface area contributed by atoms with Crippen molar-refractivity contribution in [3.05, 3.63) is 0 Å². The lowest BCUT2D eigenvalue weighted by Gasteiger charge is -2.33. The molecule has 0 heterocycles. The van der Waals surface area contributed by atoms with Gasteiger partial charge in [0.1, 0.15) is 0 Å². The highest BCUT2D eigenvalue weighted by Crippen LogP contribution is 2.24. The number of rotatable bonds is 5. The van der Waals surface area contributed by atoms with Crippen LogP contribution in [0.4, 0.5) is 0 Å². The Labute approximate surface area is 79.3 Å². The van der Waals surface area contributed by atoms with Crippen LogP contribution in [0.3, 0.4) is 0 Å². The summed E-state index contributed by atoms with van der Waals surface area (Å²) < 4.78 is 0. The Morgan fingerprint density at radius 1 is 1.33 bits per heavy atom. The van der Waals surface area contributed by atoms with E-state index in [1.54, 1.807) is 0 Å². The van der Waals surface area contributed by atoms with E-state index in [9.17, 15) is 5.11 Å². The van der Waals surface area contributed by atoms with Crippen LogP contribution >= 0.6 is 0 Å². The van der Waals surface area contributed by atoms with Gasteiger partial charge in [-0.05, 0) is 0 Å². The van der Waals surface area contributed by atoms with Crippen molar-refractivity contribution in [2.45, 2.75) is 44.6 Å². The molecule has 12 heavy (non-hydrogen) atoms. The Hall–Kier alpha value is 0.0638. The van der Waals surface area contributed by atoms with Crippen LogP contribution in [0.2, 0.25) is 18.1 Å². The molecule has 0 saturated carbocycles. The molecule has 0 aromatic carbocycles. The molecule has 0 aromatic heterocycles. The van der Waals surface area contributed by atoms with Gasteiger partial charge in [0.2, 0.25) is 0 Å². The van der Waals surface area contributed by atoms with E-state index in [0.29, 0.717) is 15.6 Å². The highest BCUT2D eigenvalue weighted by atomic mass is 28.3. The zero-order valence-electron chi connectivity index (χ0n) is 8.65. The van der Waals surface area contributed by atoms with Crippen LogP contribution in [-0.2, 0) is 0 Å². The molecule has 0 fully saturated rings. The van der Waals surface area contributed by atoms with Crippen molar-refractivity contribution >= 4 is 23.7 Å². The number of hydrogen-bond donors (Lipinski definition) is 2. The number of aliphatic hydroxyl groups excluding tert-OH is 1. The topological polar surface area (TPSA) is 44.1 Å². The van der Waals surface area contributed by atoms with E-state index in [-0.39, 0.29) is 5.73 Å². The van der Waals surface area contributed by atoms with Gasteiger partial charge in [0.15, 0.2) is 0 Å². The normalized spacial score (nSPS) is 14.7. The molecule has 0 bridgehead atoms. The van der Waals surface area contributed by atoms with Crippen LogP contribution in [0.5, 0.6) is 0 Å². The SMILES string of the molecule is CC[Si](CC)(CC)C(O)C(=N)[SiH3]. The molecule has 0 amide bonds. The second-order valence-electron chi connectivity index (χ2n) is 3.51. The molecule has 0 aliphatic heterocycles. The van der Waals surface area contributed by atoms with Crippen LogP contribution in [0.15, 0.2) is 0 Å². The molecule has 1 unspecified atom stereocenters. The maximum absolute atomic E-state index is 9.91. The fourth-order valence-electron chi connectivity index (χ4n) is 1.79. The predicted molar refractivity (Wildman–Crippen MR) is 60.9 cm³/mol. The molecule has 0 aromatic rings. The van der Waals surface area contributed by atoms with Gasteiger partial charge in [0.25, 0.3) is 0 Å². The third-order valence-electron chi connectivity index (χ3n) is 3.10. The molecule has 0 aliphatic carbocycles. The van der Waals surface area contributed by atoms with Crippen LogP contribution in [0, 0.1) is 5.41 Å². The van der Waals surface area contributed by atoms with Crippen molar-refractivity contribution in [3.8, 4) is 0 Å². The Morgan fingerprint density at radius 2 is 1.67 bits per heavy atom. The fraction of sp³-hybridized carbons (Fsp3) is 0.875. The van der Waals surface area contributed by atoms with Crippen molar-refractivity contribution in [1.29, 1.82) is 5.41 Å². The van der Waals surface area contributed by atoms with Gasteiger partial charge >= 0.3 is 0 Å². The van der Waals surface area contributed by atoms with Crippen LogP contribution in [-0.4, -0.2) is 34.5 Å². The van der Waals surface area contributed by atoms with E-state index in [1.165, 1.54) is 0 Å². The summed E-state index contributed by atoms with van der Waals surface area (Å²) in [6.45, 7) is 6.48. The monoisotopic (exact) mass is 203 g/mol. The van der Waals surface area contributed by atoms with E-state index >= 15 is 0 Å². The molecule has 1 atom stereocenters. The Bertz CT molecular complexity index is 149. The van der Waals surface area contributed by atoms with E-state index in [2.05, 4.69) is 20.8 Å². The lowest BCUT2D eigenvalue weighted by atomic mass is 10.8. The lowest BCUT2D eigenvalue weighted by Crippen LogP contribution is -2.50. The Morgan fingerprint density at radius 3 is 1.75 bits per heavy atom. The van der Waals surface area contributed by atoms with Gasteiger partial charge in [-0.25, -0.2) is 0 Å². The number of aliphatic hydroxyl groups is 1. The molecule has 0 rings (SSSR count). The zero-order chi connectivity index (χ0) is 9.78. The van der Waals surface area contributed by atoms with E-state index in [0.717, 1.165) is 18.1 Å². The summed E-state index contributed by atoms with van der Waals surface area (Å²) in [6, 6.07) is 3.31. The van der Waals surface area contributed by atoms with Crippen molar-refractivity contribution in [2.24, 2.45) is 0 Å². The van der Waals surface area contributed by atoms with Gasteiger partial charge < -0.3 is 10.5 Å². The van der Waals surface area contributed by atoms with Crippen LogP contribution in [0.25, 0.3) is 0 Å². The van der Waals surface area contributed by atoms with Gasteiger partial charge in [0, 0.05) is 5.33 Å². The van der Waals surface area contributed by atoms with Gasteiger partial charge in [-0.1, -0.05) is 38.9 Å². The minimum Gasteiger partial charge on any atom is -0.391 e. The second kappa shape index (κ2) is 4.94. The van der Waals surface area contributed by atoms with Gasteiger partial charge in [0.05, 0.1) is 24.0 Å². The van der Waals surface area contributed by atoms with E-state index in [4.69, 9.17) is 5.41 Å². The summed E-state index contributed by atoms with van der Waals surface area (Å²) in [4.78, 5) is 0. The minimum absolute atomic E-state index is 0.357. The second-order valence-corrected chi connectivity index (χ2v) is 9.98. The first-order chi connectivity index (χ1) is 5.54. The number of hydrogen-bond acceptors (Lipinski definition) is 2. The minimum atomic E-state index is -1.52. The maximum Gasteiger partial charge on any atom is 0.0931 e. The highest BCUT2D eigenvalue weighted by Gasteiger charge is 2.36. The predicted octanol–water partition coefficient (Wildman–Crippen LogP) is 0.738. The first-order valence-electron chi connectivity index (χ1n) is 4.77. The van der Waals surface area contributed by atoms with E-state index in [1.807, 2.05) is 0 Å². The molecule has 4 heteroatoms. The molecule has 0 saturated heterocycles. The first-order valence-corrected chi connectivity index (χ1v) is 8.47. The molecule has 0 aliphatic rings. The zero-order valence-corrected chi connectivity index (χ0v) is 11.6. The van der Waals surface area contributed by atoms with Crippen molar-refractivity contribution in [3.63, 3.8) is 0 Å². The van der Waals surface area contributed by atoms with Gasteiger partial charge in [-0.2, -0.15) is 0 Å². The smallest absolute Gasteiger partial charge is 0.0931 e. The average molecular weight is 203 g/mol. The van der Waals surface area contributed by atoms with Crippen molar-refractivity contribution in [2.75, 3.05) is 0 Å². The summed E-state index contributed by atoms with van der Waals surface area (Å²) in [7, 11) is -0.803. The van der Waals surface area contributed by atoms with E-state index < -0.39 is 8.07 Å². The third kappa shape index (κ3) is 2.27. The standard InChI is InChI=1S/C8H21NOSi2/c1-4-12(5-2,6-3)8(10)7(9)11/h8-10H,4-6H2,1-3,11H3. The maximum atomic E-state index is 9.91. The summed E-state index contributed by atoms with van der Waals surface area (Å²) in [5.41, 5.74) is -0.357. The summed E-state index contributed by atoms with van der Waals surface area (Å²) in [5, 5.41) is 18.0. The van der Waals surface area contributed by atoms with Gasteiger partial charge in [-0.3, -0.25) is 0 Å². The summed E-state index contributed by atoms with van der Waals surface area (Å²) in [5.74, 6) is 0. The summed E-state index contributed by atoms with van der Waals surface area (Å²) in [6.07, 6.45) is 0. The lowest BCUT2D eigenvalue weighted by molar-refractivity contribution is 0.306. The van der Waals surface area contributed by atoms with Crippen LogP contribution in [0.1, 0.15) is 20.8 Å². The molecule has 72 valence electrons. The molecule has 2 nitrogen and oxygen atoms in total. The molecule has 0 spiro atoms. The van der Waals surface area contributed by atoms with Crippen molar-refractivity contribution < 1.29 is 5.11 Å².